The fraction of sp³-hybridized carbons (Fsp3) is 0.667. The van der Waals surface area contributed by atoms with E-state index in [4.69, 9.17) is 13.9 Å². The van der Waals surface area contributed by atoms with Crippen LogP contribution in [-0.2, 0) is 16.0 Å². The van der Waals surface area contributed by atoms with Gasteiger partial charge in [0.25, 0.3) is 0 Å². The van der Waals surface area contributed by atoms with Crippen LogP contribution < -0.4 is 10.6 Å². The number of rotatable bonds is 9. The molecule has 0 radical (unpaired) electrons. The second kappa shape index (κ2) is 13.0. The number of ether oxygens (including phenoxy) is 2. The van der Waals surface area contributed by atoms with Crippen LogP contribution in [0.25, 0.3) is 0 Å². The number of hydrogen-bond acceptors (Lipinski definition) is 5. The fourth-order valence-corrected chi connectivity index (χ4v) is 2.49. The zero-order valence-electron chi connectivity index (χ0n) is 16.5. The summed E-state index contributed by atoms with van der Waals surface area (Å²) in [6, 6.07) is 1.69. The number of nitrogens with zero attached hydrogens (tertiary/aromatic N) is 1. The third kappa shape index (κ3) is 7.94. The molecular formula is C18H32IN3O4. The molecule has 0 saturated heterocycles. The van der Waals surface area contributed by atoms with Gasteiger partial charge >= 0.3 is 5.97 Å². The van der Waals surface area contributed by atoms with Crippen LogP contribution in [-0.4, -0.2) is 45.3 Å². The molecule has 1 unspecified atom stereocenters. The summed E-state index contributed by atoms with van der Waals surface area (Å²) in [6.07, 6.45) is 1.13. The smallest absolute Gasteiger partial charge is 0.341 e. The van der Waals surface area contributed by atoms with Gasteiger partial charge in [-0.25, -0.2) is 4.79 Å². The second-order valence-corrected chi connectivity index (χ2v) is 6.05. The summed E-state index contributed by atoms with van der Waals surface area (Å²) < 4.78 is 16.0. The fourth-order valence-electron chi connectivity index (χ4n) is 2.49. The molecule has 0 aliphatic rings. The average Bonchev–Trinajstić information content (AvgIpc) is 2.96. The molecule has 0 spiro atoms. The molecule has 0 saturated carbocycles. The van der Waals surface area contributed by atoms with E-state index in [1.54, 1.807) is 20.0 Å². The van der Waals surface area contributed by atoms with Crippen molar-refractivity contribution in [2.75, 3.05) is 27.3 Å². The van der Waals surface area contributed by atoms with Crippen LogP contribution >= 0.6 is 24.0 Å². The maximum atomic E-state index is 11.6. The van der Waals surface area contributed by atoms with Gasteiger partial charge in [-0.3, -0.25) is 4.99 Å². The van der Waals surface area contributed by atoms with Gasteiger partial charge in [-0.15, -0.1) is 24.0 Å². The largest absolute Gasteiger partial charge is 0.465 e. The van der Waals surface area contributed by atoms with E-state index in [1.165, 1.54) is 7.11 Å². The topological polar surface area (TPSA) is 85.1 Å². The maximum Gasteiger partial charge on any atom is 0.341 e. The Hall–Kier alpha value is -1.29. The number of carbonyl (C=O) groups is 1. The van der Waals surface area contributed by atoms with Crippen molar-refractivity contribution in [1.29, 1.82) is 0 Å². The molecule has 26 heavy (non-hydrogen) atoms. The van der Waals surface area contributed by atoms with Gasteiger partial charge < -0.3 is 24.5 Å². The van der Waals surface area contributed by atoms with Crippen LogP contribution in [0.5, 0.6) is 0 Å². The first-order valence-electron chi connectivity index (χ1n) is 8.66. The van der Waals surface area contributed by atoms with E-state index in [0.717, 1.165) is 19.6 Å². The van der Waals surface area contributed by atoms with Gasteiger partial charge in [0.2, 0.25) is 0 Å². The molecule has 0 aliphatic carbocycles. The highest BCUT2D eigenvalue weighted by molar-refractivity contribution is 14.0. The predicted octanol–water partition coefficient (Wildman–Crippen LogP) is 3.11. The van der Waals surface area contributed by atoms with Crippen LogP contribution in [0.3, 0.4) is 0 Å². The molecule has 1 aromatic rings. The Balaban J connectivity index is 0.00000625. The summed E-state index contributed by atoms with van der Waals surface area (Å²) in [5.41, 5.74) is 0.443. The molecule has 1 aromatic heterocycles. The molecule has 0 bridgehead atoms. The lowest BCUT2D eigenvalue weighted by atomic mass is 10.0. The summed E-state index contributed by atoms with van der Waals surface area (Å²) in [7, 11) is 3.07. The highest BCUT2D eigenvalue weighted by Gasteiger charge is 2.16. The predicted molar refractivity (Wildman–Crippen MR) is 113 cm³/mol. The minimum Gasteiger partial charge on any atom is -0.465 e. The van der Waals surface area contributed by atoms with Crippen LogP contribution in [0.1, 0.15) is 49.1 Å². The molecule has 0 fully saturated rings. The van der Waals surface area contributed by atoms with E-state index in [0.29, 0.717) is 35.5 Å². The number of furan rings is 1. The molecule has 1 heterocycles. The molecule has 150 valence electrons. The van der Waals surface area contributed by atoms with Gasteiger partial charge in [0.1, 0.15) is 17.1 Å². The van der Waals surface area contributed by atoms with Crippen LogP contribution in [0.2, 0.25) is 0 Å². The minimum atomic E-state index is -0.398. The van der Waals surface area contributed by atoms with Crippen molar-refractivity contribution in [2.45, 2.75) is 46.8 Å². The Labute approximate surface area is 173 Å². The highest BCUT2D eigenvalue weighted by Crippen LogP contribution is 2.15. The molecule has 0 aromatic carbocycles. The third-order valence-corrected chi connectivity index (χ3v) is 3.87. The Kier molecular flexibility index (Phi) is 12.3. The van der Waals surface area contributed by atoms with Crippen LogP contribution in [0.4, 0.5) is 0 Å². The summed E-state index contributed by atoms with van der Waals surface area (Å²) in [5.74, 6) is 1.94. The lowest BCUT2D eigenvalue weighted by molar-refractivity contribution is 0.0258. The molecule has 7 nitrogen and oxygen atoms in total. The lowest BCUT2D eigenvalue weighted by Crippen LogP contribution is -2.38. The van der Waals surface area contributed by atoms with E-state index in [1.807, 2.05) is 6.92 Å². The molecule has 2 N–H and O–H groups in total. The molecule has 1 rings (SSSR count). The van der Waals surface area contributed by atoms with Crippen molar-refractivity contribution in [2.24, 2.45) is 10.9 Å². The highest BCUT2D eigenvalue weighted by atomic mass is 127. The van der Waals surface area contributed by atoms with Crippen molar-refractivity contribution in [1.82, 2.24) is 10.6 Å². The zero-order valence-corrected chi connectivity index (χ0v) is 18.9. The van der Waals surface area contributed by atoms with E-state index in [2.05, 4.69) is 29.5 Å². The first-order chi connectivity index (χ1) is 11.9. The summed E-state index contributed by atoms with van der Waals surface area (Å²) in [5, 5.41) is 6.43. The number of nitrogens with one attached hydrogen (secondary N) is 2. The van der Waals surface area contributed by atoms with E-state index < -0.39 is 5.97 Å². The molecule has 0 aliphatic heterocycles. The van der Waals surface area contributed by atoms with Gasteiger partial charge in [0, 0.05) is 20.2 Å². The van der Waals surface area contributed by atoms with E-state index >= 15 is 0 Å². The first kappa shape index (κ1) is 24.7. The van der Waals surface area contributed by atoms with Crippen molar-refractivity contribution in [3.05, 3.63) is 23.2 Å². The number of hydrogen-bond donors (Lipinski definition) is 2. The number of methoxy groups -OCH3 is 1. The number of halogens is 1. The standard InChI is InChI=1S/C18H31N3O4.HI/c1-7-24-16(12(2)3)8-9-20-18(19-5)21-11-14-10-15(13(4)25-14)17(22)23-6;/h10,12,16H,7-9,11H2,1-6H3,(H2,19,20,21);1H. The molecular weight excluding hydrogens is 449 g/mol. The molecule has 0 amide bonds. The monoisotopic (exact) mass is 481 g/mol. The Morgan fingerprint density at radius 2 is 2.04 bits per heavy atom. The van der Waals surface area contributed by atoms with Crippen molar-refractivity contribution >= 4 is 35.9 Å². The summed E-state index contributed by atoms with van der Waals surface area (Å²) in [6.45, 7) is 9.97. The summed E-state index contributed by atoms with van der Waals surface area (Å²) >= 11 is 0. The van der Waals surface area contributed by atoms with Gasteiger partial charge in [-0.1, -0.05) is 13.8 Å². The molecule has 1 atom stereocenters. The van der Waals surface area contributed by atoms with Gasteiger partial charge in [0.15, 0.2) is 5.96 Å². The summed E-state index contributed by atoms with van der Waals surface area (Å²) in [4.78, 5) is 15.8. The average molecular weight is 481 g/mol. The molecule has 8 heteroatoms. The number of carbonyl (C=O) groups excluding carboxylic acids is 1. The maximum absolute atomic E-state index is 11.6. The number of aryl methyl sites for hydroxylation is 1. The quantitative estimate of drug-likeness (QED) is 0.244. The second-order valence-electron chi connectivity index (χ2n) is 6.05. The van der Waals surface area contributed by atoms with Crippen LogP contribution in [0, 0.1) is 12.8 Å². The van der Waals surface area contributed by atoms with Crippen molar-refractivity contribution in [3.63, 3.8) is 0 Å². The Morgan fingerprint density at radius 3 is 2.58 bits per heavy atom. The number of aliphatic imine (C=N–C) groups is 1. The van der Waals surface area contributed by atoms with Gasteiger partial charge in [0.05, 0.1) is 19.8 Å². The van der Waals surface area contributed by atoms with Gasteiger partial charge in [-0.05, 0) is 32.3 Å². The van der Waals surface area contributed by atoms with Crippen molar-refractivity contribution < 1.29 is 18.7 Å². The zero-order chi connectivity index (χ0) is 18.8. The SMILES string of the molecule is CCOC(CCNC(=NC)NCc1cc(C(=O)OC)c(C)o1)C(C)C.I. The normalized spacial score (nSPS) is 12.5. The van der Waals surface area contributed by atoms with Crippen LogP contribution in [0.15, 0.2) is 15.5 Å². The minimum absolute atomic E-state index is 0. The number of guanidine groups is 1. The lowest BCUT2D eigenvalue weighted by Gasteiger charge is -2.21. The number of esters is 1. The van der Waals surface area contributed by atoms with E-state index in [-0.39, 0.29) is 30.1 Å². The third-order valence-electron chi connectivity index (χ3n) is 3.87. The Morgan fingerprint density at radius 1 is 1.35 bits per heavy atom. The van der Waals surface area contributed by atoms with E-state index in [9.17, 15) is 4.79 Å². The Bertz CT molecular complexity index is 573. The first-order valence-corrected chi connectivity index (χ1v) is 8.66. The van der Waals surface area contributed by atoms with Crippen molar-refractivity contribution in [3.8, 4) is 0 Å². The van der Waals surface area contributed by atoms with Gasteiger partial charge in [-0.2, -0.15) is 0 Å².